The van der Waals surface area contributed by atoms with Crippen LogP contribution in [0.1, 0.15) is 6.92 Å². The molecule has 4 nitrogen and oxygen atoms in total. The zero-order valence-corrected chi connectivity index (χ0v) is 9.90. The molecule has 0 radical (unpaired) electrons. The molecule has 0 unspecified atom stereocenters. The van der Waals surface area contributed by atoms with Gasteiger partial charge in [0.25, 0.3) is 0 Å². The molecular weight excluding hydrogens is 256 g/mol. The number of nitrogens with two attached hydrogens (primary N) is 1. The quantitative estimate of drug-likeness (QED) is 0.908. The minimum absolute atomic E-state index is 0.502. The van der Waals surface area contributed by atoms with Crippen molar-refractivity contribution in [3.63, 3.8) is 0 Å². The Morgan fingerprint density at radius 1 is 1.40 bits per heavy atom. The van der Waals surface area contributed by atoms with Crippen molar-refractivity contribution in [3.05, 3.63) is 29.1 Å². The van der Waals surface area contributed by atoms with Crippen LogP contribution in [0.3, 0.4) is 0 Å². The second-order valence-corrected chi connectivity index (χ2v) is 4.03. The lowest BCUT2D eigenvalue weighted by molar-refractivity contribution is 0.660. The Kier molecular flexibility index (Phi) is 2.73. The normalized spacial score (nSPS) is 10.5. The first-order chi connectivity index (χ1) is 7.20. The topological polar surface area (TPSA) is 56.7 Å². The highest BCUT2D eigenvalue weighted by atomic mass is 79.9. The largest absolute Gasteiger partial charge is 0.383 e. The van der Waals surface area contributed by atoms with Crippen LogP contribution in [-0.4, -0.2) is 14.8 Å². The van der Waals surface area contributed by atoms with Crippen LogP contribution in [0.4, 0.5) is 5.82 Å². The molecule has 5 heteroatoms. The number of aryl methyl sites for hydroxylation is 1. The van der Waals surface area contributed by atoms with Crippen LogP contribution in [0.5, 0.6) is 0 Å². The van der Waals surface area contributed by atoms with E-state index in [-0.39, 0.29) is 0 Å². The molecular formula is C10H11BrN4. The summed E-state index contributed by atoms with van der Waals surface area (Å²) in [6.07, 6.45) is 5.56. The van der Waals surface area contributed by atoms with E-state index in [1.807, 2.05) is 30.1 Å². The Morgan fingerprint density at radius 2 is 2.20 bits per heavy atom. The van der Waals surface area contributed by atoms with E-state index in [9.17, 15) is 0 Å². The number of pyridine rings is 1. The standard InChI is InChI=1S/C10H11BrN4/c1-2-15-6-8(5-14-15)7-3-9(11)10(12)13-4-7/h3-6H,2H2,1H3,(H2,12,13). The van der Waals surface area contributed by atoms with Gasteiger partial charge in [-0.1, -0.05) is 0 Å². The van der Waals surface area contributed by atoms with E-state index in [0.29, 0.717) is 5.82 Å². The summed E-state index contributed by atoms with van der Waals surface area (Å²) in [5, 5.41) is 4.21. The highest BCUT2D eigenvalue weighted by Gasteiger charge is 2.04. The maximum Gasteiger partial charge on any atom is 0.137 e. The third kappa shape index (κ3) is 2.02. The fourth-order valence-corrected chi connectivity index (χ4v) is 1.64. The first-order valence-electron chi connectivity index (χ1n) is 4.64. The lowest BCUT2D eigenvalue weighted by atomic mass is 10.2. The van der Waals surface area contributed by atoms with Crippen LogP contribution in [0.2, 0.25) is 0 Å². The fourth-order valence-electron chi connectivity index (χ4n) is 1.29. The Hall–Kier alpha value is -1.36. The molecule has 0 amide bonds. The predicted octanol–water partition coefficient (Wildman–Crippen LogP) is 2.31. The molecule has 0 saturated heterocycles. The first-order valence-corrected chi connectivity index (χ1v) is 5.44. The lowest BCUT2D eigenvalue weighted by Gasteiger charge is -2.00. The number of nitrogens with zero attached hydrogens (tertiary/aromatic N) is 3. The molecule has 0 spiro atoms. The van der Waals surface area contributed by atoms with Gasteiger partial charge in [-0.2, -0.15) is 5.10 Å². The van der Waals surface area contributed by atoms with Crippen LogP contribution in [0.25, 0.3) is 11.1 Å². The second kappa shape index (κ2) is 4.02. The second-order valence-electron chi connectivity index (χ2n) is 3.18. The molecule has 0 aromatic carbocycles. The molecule has 0 aliphatic rings. The lowest BCUT2D eigenvalue weighted by Crippen LogP contribution is -1.92. The van der Waals surface area contributed by atoms with Crippen LogP contribution in [0, 0.1) is 0 Å². The van der Waals surface area contributed by atoms with Gasteiger partial charge in [-0.3, -0.25) is 4.68 Å². The number of hydrogen-bond donors (Lipinski definition) is 1. The summed E-state index contributed by atoms with van der Waals surface area (Å²) in [5.74, 6) is 0.502. The first kappa shape index (κ1) is 10.2. The van der Waals surface area contributed by atoms with E-state index in [4.69, 9.17) is 5.73 Å². The summed E-state index contributed by atoms with van der Waals surface area (Å²) in [6, 6.07) is 1.94. The highest BCUT2D eigenvalue weighted by molar-refractivity contribution is 9.10. The molecule has 2 aromatic heterocycles. The monoisotopic (exact) mass is 266 g/mol. The zero-order chi connectivity index (χ0) is 10.8. The van der Waals surface area contributed by atoms with Crippen LogP contribution in [0.15, 0.2) is 29.1 Å². The van der Waals surface area contributed by atoms with E-state index in [1.54, 1.807) is 6.20 Å². The van der Waals surface area contributed by atoms with E-state index < -0.39 is 0 Å². The molecule has 2 N–H and O–H groups in total. The summed E-state index contributed by atoms with van der Waals surface area (Å²) < 4.78 is 2.68. The van der Waals surface area contributed by atoms with Gasteiger partial charge < -0.3 is 5.73 Å². The smallest absolute Gasteiger partial charge is 0.137 e. The van der Waals surface area contributed by atoms with Crippen LogP contribution in [-0.2, 0) is 6.54 Å². The molecule has 2 rings (SSSR count). The number of rotatable bonds is 2. The summed E-state index contributed by atoms with van der Waals surface area (Å²) >= 11 is 3.35. The minimum atomic E-state index is 0.502. The average molecular weight is 267 g/mol. The third-order valence-corrected chi connectivity index (χ3v) is 2.80. The van der Waals surface area contributed by atoms with E-state index >= 15 is 0 Å². The van der Waals surface area contributed by atoms with Gasteiger partial charge in [0.15, 0.2) is 0 Å². The number of hydrogen-bond acceptors (Lipinski definition) is 3. The number of anilines is 1. The molecule has 78 valence electrons. The molecule has 0 saturated carbocycles. The number of halogens is 1. The average Bonchev–Trinajstić information content (AvgIpc) is 2.70. The Balaban J connectivity index is 2.40. The fraction of sp³-hybridized carbons (Fsp3) is 0.200. The van der Waals surface area contributed by atoms with Crippen molar-refractivity contribution in [3.8, 4) is 11.1 Å². The Bertz CT molecular complexity index is 478. The summed E-state index contributed by atoms with van der Waals surface area (Å²) in [7, 11) is 0. The summed E-state index contributed by atoms with van der Waals surface area (Å²) in [5.41, 5.74) is 7.68. The van der Waals surface area contributed by atoms with Gasteiger partial charge in [0.2, 0.25) is 0 Å². The summed E-state index contributed by atoms with van der Waals surface area (Å²) in [4.78, 5) is 4.08. The molecule has 0 aliphatic carbocycles. The van der Waals surface area contributed by atoms with Gasteiger partial charge in [0, 0.05) is 30.1 Å². The van der Waals surface area contributed by atoms with E-state index in [1.165, 1.54) is 0 Å². The van der Waals surface area contributed by atoms with Gasteiger partial charge in [-0.25, -0.2) is 4.98 Å². The van der Waals surface area contributed by atoms with Crippen LogP contribution < -0.4 is 5.73 Å². The molecule has 2 aromatic rings. The zero-order valence-electron chi connectivity index (χ0n) is 8.31. The molecule has 15 heavy (non-hydrogen) atoms. The number of aromatic nitrogens is 3. The van der Waals surface area contributed by atoms with E-state index in [0.717, 1.165) is 22.1 Å². The molecule has 2 heterocycles. The van der Waals surface area contributed by atoms with E-state index in [2.05, 4.69) is 26.0 Å². The van der Waals surface area contributed by atoms with Gasteiger partial charge in [-0.15, -0.1) is 0 Å². The van der Waals surface area contributed by atoms with Crippen molar-refractivity contribution in [2.24, 2.45) is 0 Å². The third-order valence-electron chi connectivity index (χ3n) is 2.16. The minimum Gasteiger partial charge on any atom is -0.383 e. The van der Waals surface area contributed by atoms with Gasteiger partial charge in [0.1, 0.15) is 5.82 Å². The van der Waals surface area contributed by atoms with Crippen molar-refractivity contribution >= 4 is 21.7 Å². The molecule has 0 fully saturated rings. The molecule has 0 atom stereocenters. The molecule has 0 aliphatic heterocycles. The SMILES string of the molecule is CCn1cc(-c2cnc(N)c(Br)c2)cn1. The van der Waals surface area contributed by atoms with Crippen molar-refractivity contribution in [2.75, 3.05) is 5.73 Å². The van der Waals surface area contributed by atoms with Crippen molar-refractivity contribution in [1.29, 1.82) is 0 Å². The molecule has 0 bridgehead atoms. The van der Waals surface area contributed by atoms with Gasteiger partial charge >= 0.3 is 0 Å². The maximum atomic E-state index is 5.62. The predicted molar refractivity (Wildman–Crippen MR) is 63.2 cm³/mol. The summed E-state index contributed by atoms with van der Waals surface area (Å²) in [6.45, 7) is 2.91. The van der Waals surface area contributed by atoms with Crippen LogP contribution >= 0.6 is 15.9 Å². The highest BCUT2D eigenvalue weighted by Crippen LogP contribution is 2.24. The van der Waals surface area contributed by atoms with Crippen molar-refractivity contribution < 1.29 is 0 Å². The Labute approximate surface area is 96.3 Å². The van der Waals surface area contributed by atoms with Crippen molar-refractivity contribution in [1.82, 2.24) is 14.8 Å². The van der Waals surface area contributed by atoms with Gasteiger partial charge in [-0.05, 0) is 28.9 Å². The Morgan fingerprint density at radius 3 is 2.80 bits per heavy atom. The maximum absolute atomic E-state index is 5.62. The van der Waals surface area contributed by atoms with Crippen molar-refractivity contribution in [2.45, 2.75) is 13.5 Å². The number of nitrogen functional groups attached to an aromatic ring is 1. The van der Waals surface area contributed by atoms with Gasteiger partial charge in [0.05, 0.1) is 10.7 Å².